The molecule has 0 atom stereocenters. The Hall–Kier alpha value is -2.47. The van der Waals surface area contributed by atoms with E-state index in [2.05, 4.69) is 15.3 Å². The van der Waals surface area contributed by atoms with Crippen molar-refractivity contribution in [3.05, 3.63) is 47.8 Å². The van der Waals surface area contributed by atoms with Crippen molar-refractivity contribution < 1.29 is 9.90 Å². The number of carbonyl (C=O) groups excluding carboxylic acids is 1. The molecular weight excluding hydrogens is 256 g/mol. The molecule has 2 N–H and O–H groups in total. The number of nitrogens with one attached hydrogen (secondary N) is 1. The molecule has 0 aromatic carbocycles. The SMILES string of the molecule is CNC(=O)/C=C/c1ccc(-n2cnc(C)c2)c(CO)n1. The molecule has 6 nitrogen and oxygen atoms in total. The van der Waals surface area contributed by atoms with E-state index >= 15 is 0 Å². The van der Waals surface area contributed by atoms with Gasteiger partial charge in [0.1, 0.15) is 0 Å². The summed E-state index contributed by atoms with van der Waals surface area (Å²) in [6.45, 7) is 1.71. The number of hydrogen-bond acceptors (Lipinski definition) is 4. The maximum absolute atomic E-state index is 11.1. The van der Waals surface area contributed by atoms with Gasteiger partial charge in [-0.25, -0.2) is 9.97 Å². The quantitative estimate of drug-likeness (QED) is 0.808. The third-order valence-electron chi connectivity index (χ3n) is 2.76. The number of amides is 1. The van der Waals surface area contributed by atoms with E-state index in [0.29, 0.717) is 11.4 Å². The summed E-state index contributed by atoms with van der Waals surface area (Å²) in [4.78, 5) is 19.6. The van der Waals surface area contributed by atoms with Crippen molar-refractivity contribution in [3.8, 4) is 5.69 Å². The summed E-state index contributed by atoms with van der Waals surface area (Å²) in [5.74, 6) is -0.202. The molecule has 0 spiro atoms. The van der Waals surface area contributed by atoms with Crippen LogP contribution in [-0.4, -0.2) is 32.6 Å². The van der Waals surface area contributed by atoms with Crippen LogP contribution in [0.15, 0.2) is 30.7 Å². The third kappa shape index (κ3) is 3.10. The molecule has 20 heavy (non-hydrogen) atoms. The molecule has 0 aliphatic rings. The topological polar surface area (TPSA) is 80.0 Å². The van der Waals surface area contributed by atoms with Gasteiger partial charge >= 0.3 is 0 Å². The molecule has 2 aromatic heterocycles. The Balaban J connectivity index is 2.33. The highest BCUT2D eigenvalue weighted by atomic mass is 16.3. The smallest absolute Gasteiger partial charge is 0.243 e. The number of hydrogen-bond donors (Lipinski definition) is 2. The Morgan fingerprint density at radius 2 is 2.30 bits per heavy atom. The Labute approximate surface area is 116 Å². The van der Waals surface area contributed by atoms with Gasteiger partial charge in [0.15, 0.2) is 0 Å². The van der Waals surface area contributed by atoms with Crippen molar-refractivity contribution in [2.45, 2.75) is 13.5 Å². The number of rotatable bonds is 4. The van der Waals surface area contributed by atoms with Crippen LogP contribution < -0.4 is 5.32 Å². The zero-order valence-corrected chi connectivity index (χ0v) is 11.4. The lowest BCUT2D eigenvalue weighted by Crippen LogP contribution is -2.13. The third-order valence-corrected chi connectivity index (χ3v) is 2.76. The minimum atomic E-state index is -0.202. The van der Waals surface area contributed by atoms with E-state index in [4.69, 9.17) is 0 Å². The molecule has 0 bridgehead atoms. The maximum atomic E-state index is 11.1. The molecule has 2 rings (SSSR count). The van der Waals surface area contributed by atoms with Gasteiger partial charge in [0.2, 0.25) is 5.91 Å². The lowest BCUT2D eigenvalue weighted by molar-refractivity contribution is -0.115. The number of likely N-dealkylation sites (N-methyl/N-ethyl adjacent to an activating group) is 1. The number of imidazole rings is 1. The number of nitrogens with zero attached hydrogens (tertiary/aromatic N) is 3. The molecule has 6 heteroatoms. The molecule has 1 amide bonds. The van der Waals surface area contributed by atoms with Crippen LogP contribution >= 0.6 is 0 Å². The van der Waals surface area contributed by atoms with Crippen LogP contribution in [0.25, 0.3) is 11.8 Å². The van der Waals surface area contributed by atoms with Crippen LogP contribution in [0.2, 0.25) is 0 Å². The van der Waals surface area contributed by atoms with Crippen molar-refractivity contribution in [2.75, 3.05) is 7.05 Å². The fraction of sp³-hybridized carbons (Fsp3) is 0.214. The molecule has 0 fully saturated rings. The highest BCUT2D eigenvalue weighted by Gasteiger charge is 2.06. The Morgan fingerprint density at radius 3 is 2.90 bits per heavy atom. The van der Waals surface area contributed by atoms with Gasteiger partial charge in [-0.15, -0.1) is 0 Å². The summed E-state index contributed by atoms with van der Waals surface area (Å²) in [6, 6.07) is 3.62. The van der Waals surface area contributed by atoms with Gasteiger partial charge in [-0.05, 0) is 25.1 Å². The maximum Gasteiger partial charge on any atom is 0.243 e. The van der Waals surface area contributed by atoms with Crippen LogP contribution in [-0.2, 0) is 11.4 Å². The zero-order chi connectivity index (χ0) is 14.5. The van der Waals surface area contributed by atoms with E-state index in [9.17, 15) is 9.90 Å². The van der Waals surface area contributed by atoms with Crippen LogP contribution in [0.1, 0.15) is 17.1 Å². The summed E-state index contributed by atoms with van der Waals surface area (Å²) in [6.07, 6.45) is 6.52. The van der Waals surface area contributed by atoms with E-state index in [0.717, 1.165) is 11.4 Å². The van der Waals surface area contributed by atoms with Crippen LogP contribution in [0.5, 0.6) is 0 Å². The Kier molecular flexibility index (Phi) is 4.27. The van der Waals surface area contributed by atoms with Gasteiger partial charge in [-0.1, -0.05) is 0 Å². The predicted molar refractivity (Wildman–Crippen MR) is 75.1 cm³/mol. The molecule has 104 valence electrons. The second kappa shape index (κ2) is 6.12. The first-order chi connectivity index (χ1) is 9.63. The monoisotopic (exact) mass is 272 g/mol. The summed E-state index contributed by atoms with van der Waals surface area (Å²) < 4.78 is 1.81. The number of aromatic nitrogens is 3. The largest absolute Gasteiger partial charge is 0.390 e. The lowest BCUT2D eigenvalue weighted by Gasteiger charge is -2.08. The molecule has 0 aliphatic heterocycles. The fourth-order valence-corrected chi connectivity index (χ4v) is 1.75. The van der Waals surface area contributed by atoms with E-state index in [-0.39, 0.29) is 12.5 Å². The normalized spacial score (nSPS) is 10.9. The lowest BCUT2D eigenvalue weighted by atomic mass is 10.2. The molecule has 0 saturated carbocycles. The van der Waals surface area contributed by atoms with Crippen LogP contribution in [0, 0.1) is 6.92 Å². The summed E-state index contributed by atoms with van der Waals surface area (Å²) in [5, 5.41) is 11.9. The first kappa shape index (κ1) is 14.0. The predicted octanol–water partition coefficient (Wildman–Crippen LogP) is 0.827. The molecule has 0 aliphatic carbocycles. The van der Waals surface area contributed by atoms with E-state index < -0.39 is 0 Å². The van der Waals surface area contributed by atoms with Gasteiger partial charge in [0.05, 0.1) is 35.7 Å². The molecule has 2 aromatic rings. The van der Waals surface area contributed by atoms with E-state index in [1.807, 2.05) is 19.2 Å². The van der Waals surface area contributed by atoms with Crippen molar-refractivity contribution in [1.82, 2.24) is 19.9 Å². The fourth-order valence-electron chi connectivity index (χ4n) is 1.75. The van der Waals surface area contributed by atoms with Crippen molar-refractivity contribution in [2.24, 2.45) is 0 Å². The number of aliphatic hydroxyl groups is 1. The standard InChI is InChI=1S/C14H16N4O2/c1-10-7-18(9-16-10)13-5-3-11(17-12(13)8-19)4-6-14(20)15-2/h3-7,9,19H,8H2,1-2H3,(H,15,20)/b6-4+. The second-order valence-corrected chi connectivity index (χ2v) is 4.23. The number of aliphatic hydroxyl groups excluding tert-OH is 1. The highest BCUT2D eigenvalue weighted by Crippen LogP contribution is 2.15. The van der Waals surface area contributed by atoms with Crippen molar-refractivity contribution in [1.29, 1.82) is 0 Å². The zero-order valence-electron chi connectivity index (χ0n) is 11.4. The molecule has 0 unspecified atom stereocenters. The van der Waals surface area contributed by atoms with Gasteiger partial charge in [-0.3, -0.25) is 4.79 Å². The molecule has 2 heterocycles. The van der Waals surface area contributed by atoms with Gasteiger partial charge in [0, 0.05) is 19.3 Å². The van der Waals surface area contributed by atoms with Gasteiger partial charge in [-0.2, -0.15) is 0 Å². The molecule has 0 saturated heterocycles. The van der Waals surface area contributed by atoms with E-state index in [1.165, 1.54) is 6.08 Å². The average molecular weight is 272 g/mol. The van der Waals surface area contributed by atoms with Gasteiger partial charge < -0.3 is 15.0 Å². The summed E-state index contributed by atoms with van der Waals surface area (Å²) in [7, 11) is 1.56. The number of aryl methyl sites for hydroxylation is 1. The summed E-state index contributed by atoms with van der Waals surface area (Å²) >= 11 is 0. The highest BCUT2D eigenvalue weighted by molar-refractivity contribution is 5.91. The molecule has 0 radical (unpaired) electrons. The van der Waals surface area contributed by atoms with Crippen LogP contribution in [0.4, 0.5) is 0 Å². The van der Waals surface area contributed by atoms with Crippen molar-refractivity contribution in [3.63, 3.8) is 0 Å². The summed E-state index contributed by atoms with van der Waals surface area (Å²) in [5.41, 5.74) is 2.79. The Morgan fingerprint density at radius 1 is 1.50 bits per heavy atom. The second-order valence-electron chi connectivity index (χ2n) is 4.23. The first-order valence-corrected chi connectivity index (χ1v) is 6.15. The minimum absolute atomic E-state index is 0.186. The van der Waals surface area contributed by atoms with Gasteiger partial charge in [0.25, 0.3) is 0 Å². The van der Waals surface area contributed by atoms with E-state index in [1.54, 1.807) is 30.1 Å². The minimum Gasteiger partial charge on any atom is -0.390 e. The Bertz CT molecular complexity index is 646. The first-order valence-electron chi connectivity index (χ1n) is 6.15. The average Bonchev–Trinajstić information content (AvgIpc) is 2.90. The number of carbonyl (C=O) groups is 1. The molecular formula is C14H16N4O2. The number of pyridine rings is 1. The van der Waals surface area contributed by atoms with Crippen LogP contribution in [0.3, 0.4) is 0 Å². The van der Waals surface area contributed by atoms with Crippen molar-refractivity contribution >= 4 is 12.0 Å².